The molecule has 1 saturated heterocycles. The first-order valence-electron chi connectivity index (χ1n) is 9.93. The van der Waals surface area contributed by atoms with Crippen LogP contribution in [0.5, 0.6) is 0 Å². The zero-order valence-electron chi connectivity index (χ0n) is 16.9. The van der Waals surface area contributed by atoms with Crippen LogP contribution in [-0.4, -0.2) is 42.4 Å². The lowest BCUT2D eigenvalue weighted by atomic mass is 10.1. The van der Waals surface area contributed by atoms with Crippen LogP contribution in [-0.2, 0) is 6.54 Å². The van der Waals surface area contributed by atoms with Gasteiger partial charge in [0, 0.05) is 53.4 Å². The van der Waals surface area contributed by atoms with Crippen LogP contribution in [0.2, 0.25) is 0 Å². The Morgan fingerprint density at radius 1 is 1.32 bits per heavy atom. The van der Waals surface area contributed by atoms with Crippen LogP contribution in [0.4, 0.5) is 16.5 Å². The van der Waals surface area contributed by atoms with Crippen molar-refractivity contribution in [3.05, 3.63) is 69.0 Å². The third kappa shape index (κ3) is 5.23. The molecule has 3 heterocycles. The fraction of sp³-hybridized carbons (Fsp3) is 0.227. The molecule has 1 aromatic carbocycles. The molecule has 0 aliphatic carbocycles. The molecular weight excluding hydrogens is 523 g/mol. The average molecular weight is 546 g/mol. The van der Waals surface area contributed by atoms with Crippen molar-refractivity contribution in [2.45, 2.75) is 6.54 Å². The maximum absolute atomic E-state index is 11.4. The fourth-order valence-electron chi connectivity index (χ4n) is 3.42. The number of anilines is 3. The molecule has 4 rings (SSSR count). The molecule has 0 bridgehead atoms. The molecule has 0 radical (unpaired) electrons. The van der Waals surface area contributed by atoms with Gasteiger partial charge in [-0.25, -0.2) is 4.98 Å². The van der Waals surface area contributed by atoms with Crippen molar-refractivity contribution in [3.8, 4) is 0 Å². The van der Waals surface area contributed by atoms with Crippen molar-refractivity contribution in [1.29, 1.82) is 0 Å². The Labute approximate surface area is 199 Å². The number of nitrogens with one attached hydrogen (secondary N) is 3. The number of pyridine rings is 1. The number of aldehydes is 1. The summed E-state index contributed by atoms with van der Waals surface area (Å²) in [4.78, 5) is 22.7. The summed E-state index contributed by atoms with van der Waals surface area (Å²) < 4.78 is 0.945. The molecule has 0 spiro atoms. The zero-order valence-corrected chi connectivity index (χ0v) is 19.9. The quantitative estimate of drug-likeness (QED) is 0.291. The standard InChI is InChI=1S/C22H23IN6OS/c1-15(27-19-12-25-6-5-21(19)29-9-7-24-8-10-29)20-14-31-22(28-20)26-11-16-3-2-4-18(23)17(16)13-30/h2-6,12-14,24,27H,1,7-11H2,(H,26,28). The molecule has 3 aromatic rings. The minimum absolute atomic E-state index is 0.535. The lowest BCUT2D eigenvalue weighted by Crippen LogP contribution is -2.43. The number of aromatic nitrogens is 2. The number of hydrogen-bond donors (Lipinski definition) is 3. The molecule has 0 amide bonds. The Bertz CT molecular complexity index is 1080. The van der Waals surface area contributed by atoms with Gasteiger partial charge in [-0.3, -0.25) is 9.78 Å². The Hall–Kier alpha value is -2.50. The highest BCUT2D eigenvalue weighted by atomic mass is 127. The molecule has 160 valence electrons. The summed E-state index contributed by atoms with van der Waals surface area (Å²) in [5.74, 6) is 0. The van der Waals surface area contributed by atoms with Gasteiger partial charge >= 0.3 is 0 Å². The van der Waals surface area contributed by atoms with E-state index in [0.717, 1.165) is 75.1 Å². The highest BCUT2D eigenvalue weighted by Crippen LogP contribution is 2.29. The van der Waals surface area contributed by atoms with Crippen LogP contribution < -0.4 is 20.9 Å². The van der Waals surface area contributed by atoms with E-state index in [4.69, 9.17) is 0 Å². The Morgan fingerprint density at radius 3 is 2.97 bits per heavy atom. The van der Waals surface area contributed by atoms with Gasteiger partial charge in [-0.2, -0.15) is 0 Å². The first-order chi connectivity index (χ1) is 15.2. The molecule has 31 heavy (non-hydrogen) atoms. The monoisotopic (exact) mass is 546 g/mol. The second-order valence-corrected chi connectivity index (χ2v) is 9.08. The van der Waals surface area contributed by atoms with Crippen LogP contribution in [0, 0.1) is 3.57 Å². The van der Waals surface area contributed by atoms with E-state index in [0.29, 0.717) is 6.54 Å². The van der Waals surface area contributed by atoms with Crippen molar-refractivity contribution < 1.29 is 4.79 Å². The summed E-state index contributed by atoms with van der Waals surface area (Å²) in [6, 6.07) is 7.86. The number of benzene rings is 1. The van der Waals surface area contributed by atoms with Crippen LogP contribution >= 0.6 is 33.9 Å². The van der Waals surface area contributed by atoms with Crippen molar-refractivity contribution in [1.82, 2.24) is 15.3 Å². The molecule has 1 aliphatic rings. The molecule has 2 aromatic heterocycles. The highest BCUT2D eigenvalue weighted by Gasteiger charge is 2.15. The predicted molar refractivity (Wildman–Crippen MR) is 136 cm³/mol. The average Bonchev–Trinajstić information content (AvgIpc) is 3.28. The normalized spacial score (nSPS) is 13.6. The van der Waals surface area contributed by atoms with Crippen LogP contribution in [0.25, 0.3) is 5.70 Å². The Balaban J connectivity index is 1.42. The summed E-state index contributed by atoms with van der Waals surface area (Å²) >= 11 is 3.69. The van der Waals surface area contributed by atoms with E-state index in [1.54, 1.807) is 0 Å². The number of rotatable bonds is 8. The molecule has 3 N–H and O–H groups in total. The Morgan fingerprint density at radius 2 is 2.16 bits per heavy atom. The van der Waals surface area contributed by atoms with Gasteiger partial charge in [0.1, 0.15) is 0 Å². The maximum atomic E-state index is 11.4. The van der Waals surface area contributed by atoms with Gasteiger partial charge in [-0.1, -0.05) is 18.7 Å². The molecular formula is C22H23IN6OS. The number of hydrogen-bond acceptors (Lipinski definition) is 8. The van der Waals surface area contributed by atoms with Gasteiger partial charge < -0.3 is 20.9 Å². The summed E-state index contributed by atoms with van der Waals surface area (Å²) in [7, 11) is 0. The van der Waals surface area contributed by atoms with Crippen molar-refractivity contribution in [3.63, 3.8) is 0 Å². The van der Waals surface area contributed by atoms with E-state index in [2.05, 4.69) is 60.0 Å². The van der Waals surface area contributed by atoms with Crippen LogP contribution in [0.1, 0.15) is 21.6 Å². The van der Waals surface area contributed by atoms with Crippen LogP contribution in [0.15, 0.2) is 48.6 Å². The summed E-state index contributed by atoms with van der Waals surface area (Å²) in [6.45, 7) is 8.56. The molecule has 9 heteroatoms. The smallest absolute Gasteiger partial charge is 0.183 e. The highest BCUT2D eigenvalue weighted by molar-refractivity contribution is 14.1. The maximum Gasteiger partial charge on any atom is 0.183 e. The van der Waals surface area contributed by atoms with Gasteiger partial charge in [0.25, 0.3) is 0 Å². The number of nitrogens with zero attached hydrogens (tertiary/aromatic N) is 3. The minimum atomic E-state index is 0.535. The van der Waals surface area contributed by atoms with E-state index in [1.165, 1.54) is 11.3 Å². The van der Waals surface area contributed by atoms with E-state index < -0.39 is 0 Å². The first-order valence-corrected chi connectivity index (χ1v) is 11.9. The third-order valence-corrected chi connectivity index (χ3v) is 6.79. The van der Waals surface area contributed by atoms with Crippen LogP contribution in [0.3, 0.4) is 0 Å². The molecule has 1 aliphatic heterocycles. The topological polar surface area (TPSA) is 82.2 Å². The molecule has 1 fully saturated rings. The van der Waals surface area contributed by atoms with Crippen molar-refractivity contribution in [2.24, 2.45) is 0 Å². The first kappa shape index (κ1) is 21.7. The number of thiazole rings is 1. The Kier molecular flexibility index (Phi) is 7.15. The molecule has 0 atom stereocenters. The second kappa shape index (κ2) is 10.2. The zero-order chi connectivity index (χ0) is 21.6. The van der Waals surface area contributed by atoms with E-state index in [-0.39, 0.29) is 0 Å². The van der Waals surface area contributed by atoms with Gasteiger partial charge in [0.05, 0.1) is 29.0 Å². The molecule has 0 unspecified atom stereocenters. The van der Waals surface area contributed by atoms with E-state index in [1.807, 2.05) is 42.0 Å². The summed E-state index contributed by atoms with van der Waals surface area (Å²) in [5.41, 5.74) is 5.21. The van der Waals surface area contributed by atoms with Gasteiger partial charge in [-0.15, -0.1) is 11.3 Å². The number of halogens is 1. The summed E-state index contributed by atoms with van der Waals surface area (Å²) in [5, 5.41) is 12.8. The number of carbonyl (C=O) groups excluding carboxylic acids is 1. The third-order valence-electron chi connectivity index (χ3n) is 5.05. The number of carbonyl (C=O) groups is 1. The van der Waals surface area contributed by atoms with Crippen molar-refractivity contribution >= 4 is 62.4 Å². The molecule has 7 nitrogen and oxygen atoms in total. The number of piperazine rings is 1. The van der Waals surface area contributed by atoms with E-state index in [9.17, 15) is 4.79 Å². The largest absolute Gasteiger partial charge is 0.367 e. The van der Waals surface area contributed by atoms with Gasteiger partial charge in [0.15, 0.2) is 11.4 Å². The van der Waals surface area contributed by atoms with E-state index >= 15 is 0 Å². The SMILES string of the molecule is C=C(Nc1cnccc1N1CCNCC1)c1csc(NCc2cccc(I)c2C=O)n1. The summed E-state index contributed by atoms with van der Waals surface area (Å²) in [6.07, 6.45) is 4.54. The lowest BCUT2D eigenvalue weighted by Gasteiger charge is -2.31. The van der Waals surface area contributed by atoms with Crippen molar-refractivity contribution in [2.75, 3.05) is 41.7 Å². The van der Waals surface area contributed by atoms with Gasteiger partial charge in [0.2, 0.25) is 0 Å². The second-order valence-electron chi connectivity index (χ2n) is 7.06. The fourth-order valence-corrected chi connectivity index (χ4v) is 4.83. The molecule has 0 saturated carbocycles. The lowest BCUT2D eigenvalue weighted by molar-refractivity contribution is 0.112. The predicted octanol–water partition coefficient (Wildman–Crippen LogP) is 4.06. The van der Waals surface area contributed by atoms with Gasteiger partial charge in [-0.05, 0) is 40.3 Å². The minimum Gasteiger partial charge on any atom is -0.367 e.